The van der Waals surface area contributed by atoms with Gasteiger partial charge in [-0.3, -0.25) is 4.90 Å². The smallest absolute Gasteiger partial charge is 0.412 e. The van der Waals surface area contributed by atoms with Gasteiger partial charge < -0.3 is 5.11 Å². The third-order valence-electron chi connectivity index (χ3n) is 2.97. The molecule has 0 aromatic heterocycles. The van der Waals surface area contributed by atoms with Gasteiger partial charge in [-0.2, -0.15) is 0 Å². The van der Waals surface area contributed by atoms with Crippen LogP contribution in [0.5, 0.6) is 0 Å². The van der Waals surface area contributed by atoms with E-state index < -0.39 is 6.09 Å². The maximum atomic E-state index is 11.1. The molecule has 0 spiro atoms. The van der Waals surface area contributed by atoms with Gasteiger partial charge in [-0.15, -0.1) is 0 Å². The number of anilines is 1. The van der Waals surface area contributed by atoms with Crippen LogP contribution < -0.4 is 4.90 Å². The van der Waals surface area contributed by atoms with Gasteiger partial charge in [0.1, 0.15) is 0 Å². The highest BCUT2D eigenvalue weighted by atomic mass is 16.4. The lowest BCUT2D eigenvalue weighted by Crippen LogP contribution is -2.41. The van der Waals surface area contributed by atoms with Crippen LogP contribution in [0.15, 0.2) is 18.2 Å². The summed E-state index contributed by atoms with van der Waals surface area (Å²) in [5, 5.41) is 9.15. The molecule has 1 heterocycles. The molecule has 1 aliphatic heterocycles. The third-order valence-corrected chi connectivity index (χ3v) is 2.97. The van der Waals surface area contributed by atoms with Crippen molar-refractivity contribution in [3.05, 3.63) is 29.3 Å². The van der Waals surface area contributed by atoms with E-state index in [1.165, 1.54) is 10.5 Å². The van der Waals surface area contributed by atoms with Crippen molar-refractivity contribution in [1.82, 2.24) is 0 Å². The Kier molecular flexibility index (Phi) is 2.39. The summed E-state index contributed by atoms with van der Waals surface area (Å²) in [4.78, 5) is 12.6. The molecule has 3 heteroatoms. The Morgan fingerprint density at radius 1 is 1.53 bits per heavy atom. The number of fused-ring (bicyclic) bond motifs is 1. The van der Waals surface area contributed by atoms with E-state index in [0.717, 1.165) is 24.1 Å². The minimum absolute atomic E-state index is 0.0812. The van der Waals surface area contributed by atoms with Crippen molar-refractivity contribution in [1.29, 1.82) is 0 Å². The number of hydrogen-bond acceptors (Lipinski definition) is 1. The maximum Gasteiger partial charge on any atom is 0.412 e. The van der Waals surface area contributed by atoms with Gasteiger partial charge in [0.05, 0.1) is 5.69 Å². The second-order valence-corrected chi connectivity index (χ2v) is 4.17. The van der Waals surface area contributed by atoms with E-state index in [9.17, 15) is 4.79 Å². The molecule has 1 N–H and O–H groups in total. The molecule has 1 aromatic carbocycles. The van der Waals surface area contributed by atoms with E-state index in [0.29, 0.717) is 0 Å². The van der Waals surface area contributed by atoms with Gasteiger partial charge in [0.15, 0.2) is 0 Å². The Morgan fingerprint density at radius 2 is 2.27 bits per heavy atom. The lowest BCUT2D eigenvalue weighted by atomic mass is 9.96. The number of amides is 1. The summed E-state index contributed by atoms with van der Waals surface area (Å²) in [5.41, 5.74) is 3.19. The summed E-state index contributed by atoms with van der Waals surface area (Å²) >= 11 is 0. The van der Waals surface area contributed by atoms with Crippen LogP contribution in [0.1, 0.15) is 24.5 Å². The van der Waals surface area contributed by atoms with E-state index in [1.807, 2.05) is 26.0 Å². The average molecular weight is 205 g/mol. The number of carbonyl (C=O) groups is 1. The van der Waals surface area contributed by atoms with Crippen molar-refractivity contribution in [3.8, 4) is 0 Å². The lowest BCUT2D eigenvalue weighted by molar-refractivity contribution is 0.198. The molecule has 0 saturated carbocycles. The first-order chi connectivity index (χ1) is 7.09. The average Bonchev–Trinajstić information content (AvgIpc) is 2.17. The van der Waals surface area contributed by atoms with E-state index >= 15 is 0 Å². The molecule has 1 amide bonds. The molecular formula is C12H15NO2. The summed E-state index contributed by atoms with van der Waals surface area (Å²) in [5.74, 6) is 0. The quantitative estimate of drug-likeness (QED) is 0.707. The topological polar surface area (TPSA) is 40.5 Å². The highest BCUT2D eigenvalue weighted by Gasteiger charge is 2.27. The predicted molar refractivity (Wildman–Crippen MR) is 59.5 cm³/mol. The molecular weight excluding hydrogens is 190 g/mol. The zero-order valence-corrected chi connectivity index (χ0v) is 9.03. The molecule has 2 rings (SSSR count). The van der Waals surface area contributed by atoms with Crippen LogP contribution in [-0.2, 0) is 6.42 Å². The Labute approximate surface area is 89.3 Å². The second kappa shape index (κ2) is 3.57. The highest BCUT2D eigenvalue weighted by Crippen LogP contribution is 2.31. The SMILES string of the molecule is Cc1ccc2c(c1)CC[C@@H](C)N2C(=O)O. The largest absolute Gasteiger partial charge is 0.465 e. The molecule has 0 aliphatic carbocycles. The first-order valence-corrected chi connectivity index (χ1v) is 5.21. The van der Waals surface area contributed by atoms with Gasteiger partial charge in [0, 0.05) is 6.04 Å². The van der Waals surface area contributed by atoms with Crippen LogP contribution >= 0.6 is 0 Å². The van der Waals surface area contributed by atoms with Gasteiger partial charge in [0.25, 0.3) is 0 Å². The molecule has 1 atom stereocenters. The molecule has 80 valence electrons. The zero-order chi connectivity index (χ0) is 11.0. The van der Waals surface area contributed by atoms with Crippen LogP contribution in [0.2, 0.25) is 0 Å². The number of nitrogens with zero attached hydrogens (tertiary/aromatic N) is 1. The zero-order valence-electron chi connectivity index (χ0n) is 9.03. The standard InChI is InChI=1S/C12H15NO2/c1-8-3-6-11-10(7-8)5-4-9(2)13(11)12(14)15/h3,6-7,9H,4-5H2,1-2H3,(H,14,15)/t9-/m1/s1. The first-order valence-electron chi connectivity index (χ1n) is 5.21. The van der Waals surface area contributed by atoms with Crippen molar-refractivity contribution in [2.24, 2.45) is 0 Å². The fourth-order valence-electron chi connectivity index (χ4n) is 2.17. The second-order valence-electron chi connectivity index (χ2n) is 4.17. The van der Waals surface area contributed by atoms with Crippen molar-refractivity contribution in [2.75, 3.05) is 4.90 Å². The molecule has 1 aliphatic rings. The Bertz CT molecular complexity index is 401. The summed E-state index contributed by atoms with van der Waals surface area (Å²) < 4.78 is 0. The van der Waals surface area contributed by atoms with E-state index in [-0.39, 0.29) is 6.04 Å². The lowest BCUT2D eigenvalue weighted by Gasteiger charge is -2.33. The minimum Gasteiger partial charge on any atom is -0.465 e. The Balaban J connectivity index is 2.48. The number of hydrogen-bond donors (Lipinski definition) is 1. The highest BCUT2D eigenvalue weighted by molar-refractivity contribution is 5.88. The van der Waals surface area contributed by atoms with Crippen LogP contribution in [0.25, 0.3) is 0 Å². The Morgan fingerprint density at radius 3 is 2.93 bits per heavy atom. The molecule has 15 heavy (non-hydrogen) atoms. The fourth-order valence-corrected chi connectivity index (χ4v) is 2.17. The predicted octanol–water partition coefficient (Wildman–Crippen LogP) is 2.81. The molecule has 0 bridgehead atoms. The third kappa shape index (κ3) is 1.69. The van der Waals surface area contributed by atoms with E-state index in [4.69, 9.17) is 5.11 Å². The van der Waals surface area contributed by atoms with Gasteiger partial charge in [-0.05, 0) is 38.3 Å². The summed E-state index contributed by atoms with van der Waals surface area (Å²) in [6, 6.07) is 6.04. The van der Waals surface area contributed by atoms with Gasteiger partial charge in [0.2, 0.25) is 0 Å². The van der Waals surface area contributed by atoms with Crippen molar-refractivity contribution < 1.29 is 9.90 Å². The molecule has 3 nitrogen and oxygen atoms in total. The summed E-state index contributed by atoms with van der Waals surface area (Å²) in [6.07, 6.45) is 1.03. The normalized spacial score (nSPS) is 19.9. The maximum absolute atomic E-state index is 11.1. The van der Waals surface area contributed by atoms with E-state index in [2.05, 4.69) is 6.07 Å². The summed E-state index contributed by atoms with van der Waals surface area (Å²) in [7, 11) is 0. The van der Waals surface area contributed by atoms with E-state index in [1.54, 1.807) is 0 Å². The number of aryl methyl sites for hydroxylation is 2. The van der Waals surface area contributed by atoms with Crippen molar-refractivity contribution in [2.45, 2.75) is 32.7 Å². The summed E-state index contributed by atoms with van der Waals surface area (Å²) in [6.45, 7) is 3.99. The molecule has 0 unspecified atom stereocenters. The number of benzene rings is 1. The molecule has 1 aromatic rings. The van der Waals surface area contributed by atoms with Gasteiger partial charge in [-0.1, -0.05) is 17.7 Å². The van der Waals surface area contributed by atoms with Crippen LogP contribution in [0, 0.1) is 6.92 Å². The first kappa shape index (κ1) is 10.0. The Hall–Kier alpha value is -1.51. The monoisotopic (exact) mass is 205 g/mol. The number of carboxylic acid groups (broad SMARTS) is 1. The van der Waals surface area contributed by atoms with Gasteiger partial charge in [-0.25, -0.2) is 4.79 Å². The van der Waals surface area contributed by atoms with Gasteiger partial charge >= 0.3 is 6.09 Å². The van der Waals surface area contributed by atoms with Crippen LogP contribution in [0.3, 0.4) is 0 Å². The van der Waals surface area contributed by atoms with Crippen molar-refractivity contribution in [3.63, 3.8) is 0 Å². The van der Waals surface area contributed by atoms with Crippen molar-refractivity contribution >= 4 is 11.8 Å². The van der Waals surface area contributed by atoms with Crippen LogP contribution in [-0.4, -0.2) is 17.2 Å². The fraction of sp³-hybridized carbons (Fsp3) is 0.417. The molecule has 0 radical (unpaired) electrons. The van der Waals surface area contributed by atoms with Crippen LogP contribution in [0.4, 0.5) is 10.5 Å². The molecule has 0 saturated heterocycles. The molecule has 0 fully saturated rings. The minimum atomic E-state index is -0.854. The number of rotatable bonds is 0.